The minimum atomic E-state index is -0.728. The lowest BCUT2D eigenvalue weighted by Crippen LogP contribution is -2.60. The molecule has 0 spiro atoms. The summed E-state index contributed by atoms with van der Waals surface area (Å²) in [5.41, 5.74) is 0.150. The molecule has 9 heteroatoms. The Balaban J connectivity index is 0.000000142. The fourth-order valence-electron chi connectivity index (χ4n) is 10.4. The Bertz CT molecular complexity index is 1270. The Kier molecular flexibility index (Phi) is 10.2. The van der Waals surface area contributed by atoms with Crippen LogP contribution in [0.2, 0.25) is 0 Å². The largest absolute Gasteiger partial charge is 0.463 e. The van der Waals surface area contributed by atoms with Gasteiger partial charge >= 0.3 is 23.9 Å². The van der Waals surface area contributed by atoms with Crippen LogP contribution in [-0.4, -0.2) is 58.5 Å². The van der Waals surface area contributed by atoms with E-state index in [4.69, 9.17) is 14.2 Å². The van der Waals surface area contributed by atoms with Gasteiger partial charge in [0.05, 0.1) is 12.2 Å². The molecule has 8 saturated carbocycles. The molecule has 3 unspecified atom stereocenters. The molecule has 3 atom stereocenters. The van der Waals surface area contributed by atoms with Gasteiger partial charge in [-0.05, 0) is 127 Å². The third kappa shape index (κ3) is 7.55. The maximum Gasteiger partial charge on any atom is 0.347 e. The van der Waals surface area contributed by atoms with Crippen molar-refractivity contribution in [2.45, 2.75) is 134 Å². The van der Waals surface area contributed by atoms with E-state index in [0.717, 1.165) is 43.9 Å². The molecule has 0 aromatic carbocycles. The zero-order chi connectivity index (χ0) is 34.3. The maximum atomic E-state index is 12.0. The maximum absolute atomic E-state index is 12.0. The number of hydrogen-bond donors (Lipinski definition) is 1. The molecule has 0 aromatic heterocycles. The van der Waals surface area contributed by atoms with Crippen molar-refractivity contribution in [3.63, 3.8) is 0 Å². The van der Waals surface area contributed by atoms with Crippen LogP contribution in [0.25, 0.3) is 0 Å². The lowest BCUT2D eigenvalue weighted by molar-refractivity contribution is -0.217. The average molecular weight is 655 g/mol. The summed E-state index contributed by atoms with van der Waals surface area (Å²) in [7, 11) is 0. The summed E-state index contributed by atoms with van der Waals surface area (Å²) in [6.45, 7) is 18.2. The van der Waals surface area contributed by atoms with Crippen LogP contribution in [0.5, 0.6) is 0 Å². The highest BCUT2D eigenvalue weighted by atomic mass is 16.6. The third-order valence-corrected chi connectivity index (χ3v) is 11.8. The number of carbonyl (C=O) groups excluding carboxylic acids is 4. The highest BCUT2D eigenvalue weighted by Crippen LogP contribution is 2.61. The smallest absolute Gasteiger partial charge is 0.347 e. The van der Waals surface area contributed by atoms with Crippen LogP contribution >= 0.6 is 0 Å². The van der Waals surface area contributed by atoms with Crippen molar-refractivity contribution in [3.8, 4) is 0 Å². The predicted molar refractivity (Wildman–Crippen MR) is 175 cm³/mol. The summed E-state index contributed by atoms with van der Waals surface area (Å²) < 4.78 is 21.0. The number of esters is 4. The Labute approximate surface area is 279 Å². The number of rotatable bonds is 7. The number of hydrogen-bond acceptors (Lipinski definition) is 9. The standard InChI is InChI=1S/C16H24O2.C14H20O3.C8H10O4/c1-4-16(18-15(17)10(2)3)13-6-11-5-12(8-13)9-14(16)7-11;1-9(2)12(15)17-14-6-10-3-11(7-14)5-13(16,4-10)8-14;1-5(2)7(9)12-6-3-4-11-8(6)10/h11-14H,2,4-9H2,1,3H3;10-11,16H,1,3-8H2,2H3;6H,1,3-4H2,2H3. The minimum absolute atomic E-state index is 0.163. The molecule has 1 aliphatic heterocycles. The topological polar surface area (TPSA) is 125 Å². The van der Waals surface area contributed by atoms with Crippen LogP contribution in [0.1, 0.15) is 111 Å². The van der Waals surface area contributed by atoms with Crippen LogP contribution < -0.4 is 0 Å². The summed E-state index contributed by atoms with van der Waals surface area (Å²) >= 11 is 0. The van der Waals surface area contributed by atoms with E-state index in [1.807, 2.05) is 0 Å². The summed E-state index contributed by atoms with van der Waals surface area (Å²) in [5.74, 6) is 2.65. The van der Waals surface area contributed by atoms with E-state index >= 15 is 0 Å². The fraction of sp³-hybridized carbons (Fsp3) is 0.737. The van der Waals surface area contributed by atoms with Gasteiger partial charge in [0.2, 0.25) is 6.10 Å². The predicted octanol–water partition coefficient (Wildman–Crippen LogP) is 6.32. The molecular weight excluding hydrogens is 600 g/mol. The molecule has 8 bridgehead atoms. The third-order valence-electron chi connectivity index (χ3n) is 11.8. The first-order valence-corrected chi connectivity index (χ1v) is 17.6. The summed E-state index contributed by atoms with van der Waals surface area (Å²) in [4.78, 5) is 45.4. The van der Waals surface area contributed by atoms with Crippen molar-refractivity contribution >= 4 is 23.9 Å². The van der Waals surface area contributed by atoms with Gasteiger partial charge in [-0.2, -0.15) is 0 Å². The minimum Gasteiger partial charge on any atom is -0.463 e. The normalized spacial score (nSPS) is 39.8. The molecule has 0 amide bonds. The van der Waals surface area contributed by atoms with Gasteiger partial charge in [0, 0.05) is 29.6 Å². The second-order valence-corrected chi connectivity index (χ2v) is 16.0. The van der Waals surface area contributed by atoms with E-state index in [9.17, 15) is 24.3 Å². The lowest BCUT2D eigenvalue weighted by Gasteiger charge is -2.60. The molecule has 1 saturated heterocycles. The Hall–Kier alpha value is -2.94. The van der Waals surface area contributed by atoms with Gasteiger partial charge < -0.3 is 24.1 Å². The molecule has 47 heavy (non-hydrogen) atoms. The van der Waals surface area contributed by atoms with E-state index in [1.165, 1.54) is 45.4 Å². The van der Waals surface area contributed by atoms with Crippen LogP contribution in [0, 0.1) is 35.5 Å². The molecule has 0 aromatic rings. The molecule has 1 N–H and O–H groups in total. The molecule has 260 valence electrons. The van der Waals surface area contributed by atoms with Crippen LogP contribution in [-0.2, 0) is 38.1 Å². The number of ether oxygens (including phenoxy) is 4. The monoisotopic (exact) mass is 654 g/mol. The van der Waals surface area contributed by atoms with E-state index in [2.05, 4.69) is 31.4 Å². The van der Waals surface area contributed by atoms with Gasteiger partial charge in [0.1, 0.15) is 11.2 Å². The van der Waals surface area contributed by atoms with Gasteiger partial charge in [-0.25, -0.2) is 19.2 Å². The zero-order valence-electron chi connectivity index (χ0n) is 28.8. The van der Waals surface area contributed by atoms with E-state index < -0.39 is 29.2 Å². The Morgan fingerprint density at radius 3 is 1.68 bits per heavy atom. The Morgan fingerprint density at radius 2 is 1.26 bits per heavy atom. The molecule has 0 radical (unpaired) electrons. The first-order valence-electron chi connectivity index (χ1n) is 17.6. The van der Waals surface area contributed by atoms with Crippen LogP contribution in [0.3, 0.4) is 0 Å². The SMILES string of the molecule is C=C(C)C(=O)OC1(CC)C2CC3CC(C2)CC1C3.C=C(C)C(=O)OC12CC3CC(CC(O)(C3)C1)C2.C=C(C)C(=O)OC1CCOC1=O. The Morgan fingerprint density at radius 1 is 0.766 bits per heavy atom. The second-order valence-electron chi connectivity index (χ2n) is 16.0. The molecule has 9 aliphatic rings. The van der Waals surface area contributed by atoms with Gasteiger partial charge in [0.25, 0.3) is 0 Å². The summed E-state index contributed by atoms with van der Waals surface area (Å²) in [5, 5.41) is 10.5. The second kappa shape index (κ2) is 13.5. The summed E-state index contributed by atoms with van der Waals surface area (Å²) in [6.07, 6.45) is 12.7. The molecule has 9 rings (SSSR count). The highest BCUT2D eigenvalue weighted by Gasteiger charge is 2.60. The van der Waals surface area contributed by atoms with E-state index in [0.29, 0.717) is 54.3 Å². The molecule has 9 fully saturated rings. The van der Waals surface area contributed by atoms with Crippen LogP contribution in [0.4, 0.5) is 0 Å². The van der Waals surface area contributed by atoms with Gasteiger partial charge in [-0.3, -0.25) is 0 Å². The zero-order valence-corrected chi connectivity index (χ0v) is 28.8. The quantitative estimate of drug-likeness (QED) is 0.191. The van der Waals surface area contributed by atoms with Crippen molar-refractivity contribution < 1.29 is 43.2 Å². The van der Waals surface area contributed by atoms with Gasteiger partial charge in [-0.15, -0.1) is 0 Å². The van der Waals surface area contributed by atoms with Gasteiger partial charge in [-0.1, -0.05) is 26.7 Å². The van der Waals surface area contributed by atoms with Gasteiger partial charge in [0.15, 0.2) is 0 Å². The van der Waals surface area contributed by atoms with Crippen molar-refractivity contribution in [2.75, 3.05) is 6.61 Å². The van der Waals surface area contributed by atoms with Crippen molar-refractivity contribution in [3.05, 3.63) is 36.5 Å². The highest BCUT2D eigenvalue weighted by molar-refractivity contribution is 5.90. The number of cyclic esters (lactones) is 1. The first-order chi connectivity index (χ1) is 22.1. The number of aliphatic hydroxyl groups is 1. The van der Waals surface area contributed by atoms with Crippen LogP contribution in [0.15, 0.2) is 36.5 Å². The summed E-state index contributed by atoms with van der Waals surface area (Å²) in [6, 6.07) is 0. The van der Waals surface area contributed by atoms with Crippen molar-refractivity contribution in [2.24, 2.45) is 35.5 Å². The molecular formula is C38H54O9. The van der Waals surface area contributed by atoms with E-state index in [1.54, 1.807) is 13.8 Å². The average Bonchev–Trinajstić information content (AvgIpc) is 3.37. The first kappa shape index (κ1) is 35.4. The van der Waals surface area contributed by atoms with Crippen molar-refractivity contribution in [1.82, 2.24) is 0 Å². The molecule has 9 nitrogen and oxygen atoms in total. The molecule has 8 aliphatic carbocycles. The number of carbonyl (C=O) groups is 4. The fourth-order valence-corrected chi connectivity index (χ4v) is 10.4. The lowest BCUT2D eigenvalue weighted by atomic mass is 9.49. The molecule has 1 heterocycles. The van der Waals surface area contributed by atoms with Crippen molar-refractivity contribution in [1.29, 1.82) is 0 Å². The van der Waals surface area contributed by atoms with E-state index in [-0.39, 0.29) is 23.1 Å².